The highest BCUT2D eigenvalue weighted by Crippen LogP contribution is 2.33. The van der Waals surface area contributed by atoms with E-state index < -0.39 is 22.6 Å². The van der Waals surface area contributed by atoms with E-state index in [0.717, 1.165) is 12.5 Å². The van der Waals surface area contributed by atoms with Crippen LogP contribution in [0.15, 0.2) is 12.1 Å². The van der Waals surface area contributed by atoms with Crippen LogP contribution in [-0.2, 0) is 0 Å². The molecule has 0 aromatic heterocycles. The molecular weight excluding hydrogens is 303 g/mol. The molecule has 1 atom stereocenters. The minimum atomic E-state index is -0.699. The largest absolute Gasteiger partial charge is 0.338 e. The van der Waals surface area contributed by atoms with E-state index in [4.69, 9.17) is 29.6 Å². The van der Waals surface area contributed by atoms with Gasteiger partial charge in [0, 0.05) is 11.6 Å². The maximum absolute atomic E-state index is 12.0. The van der Waals surface area contributed by atoms with Crippen molar-refractivity contribution in [3.05, 3.63) is 37.9 Å². The normalized spacial score (nSPS) is 11.5. The Morgan fingerprint density at radius 1 is 1.55 bits per heavy atom. The Hall–Kier alpha value is -1.77. The van der Waals surface area contributed by atoms with E-state index >= 15 is 0 Å². The van der Waals surface area contributed by atoms with E-state index in [1.807, 2.05) is 6.92 Å². The summed E-state index contributed by atoms with van der Waals surface area (Å²) in [6.07, 6.45) is 6.72. The van der Waals surface area contributed by atoms with Gasteiger partial charge in [-0.3, -0.25) is 14.9 Å². The van der Waals surface area contributed by atoms with E-state index in [1.54, 1.807) is 0 Å². The topological polar surface area (TPSA) is 72.2 Å². The highest BCUT2D eigenvalue weighted by Gasteiger charge is 2.21. The standard InChI is InChI=1S/C13H12Cl2N2O3/c1-3-5-9(4-2)16-13(18)8-6-10(14)12(15)11(7-8)17(19)20/h2,6-7,9H,3,5H2,1H3,(H,16,18). The molecule has 1 rings (SSSR count). The van der Waals surface area contributed by atoms with Gasteiger partial charge in [0.2, 0.25) is 0 Å². The summed E-state index contributed by atoms with van der Waals surface area (Å²) in [5, 5.41) is 13.2. The fourth-order valence-electron chi connectivity index (χ4n) is 1.57. The lowest BCUT2D eigenvalue weighted by Crippen LogP contribution is -2.33. The van der Waals surface area contributed by atoms with Crippen molar-refractivity contribution in [3.63, 3.8) is 0 Å². The Labute approximate surface area is 126 Å². The number of nitrogens with one attached hydrogen (secondary N) is 1. The van der Waals surface area contributed by atoms with Crippen molar-refractivity contribution in [2.24, 2.45) is 0 Å². The van der Waals surface area contributed by atoms with Crippen molar-refractivity contribution in [1.29, 1.82) is 0 Å². The van der Waals surface area contributed by atoms with E-state index in [0.29, 0.717) is 6.42 Å². The maximum atomic E-state index is 12.0. The molecule has 1 unspecified atom stereocenters. The molecule has 0 saturated heterocycles. The van der Waals surface area contributed by atoms with Gasteiger partial charge in [0.15, 0.2) is 0 Å². The summed E-state index contributed by atoms with van der Waals surface area (Å²) >= 11 is 11.5. The van der Waals surface area contributed by atoms with Gasteiger partial charge in [-0.1, -0.05) is 42.5 Å². The first-order chi connectivity index (χ1) is 9.40. The van der Waals surface area contributed by atoms with E-state index in [-0.39, 0.29) is 15.6 Å². The number of amides is 1. The first kappa shape index (κ1) is 16.3. The SMILES string of the molecule is C#CC(CCC)NC(=O)c1cc(Cl)c(Cl)c([N+](=O)[O-])c1. The molecule has 0 fully saturated rings. The smallest absolute Gasteiger partial charge is 0.290 e. The van der Waals surface area contributed by atoms with Crippen LogP contribution in [0.25, 0.3) is 0 Å². The molecular formula is C13H12Cl2N2O3. The van der Waals surface area contributed by atoms with Gasteiger partial charge in [-0.05, 0) is 12.5 Å². The van der Waals surface area contributed by atoms with Crippen LogP contribution in [0, 0.1) is 22.5 Å². The molecule has 0 heterocycles. The van der Waals surface area contributed by atoms with Crippen molar-refractivity contribution < 1.29 is 9.72 Å². The Balaban J connectivity index is 3.05. The summed E-state index contributed by atoms with van der Waals surface area (Å²) in [7, 11) is 0. The molecule has 5 nitrogen and oxygen atoms in total. The number of nitro groups is 1. The second-order valence-electron chi connectivity index (χ2n) is 4.03. The molecule has 106 valence electrons. The van der Waals surface area contributed by atoms with Gasteiger partial charge in [0.25, 0.3) is 11.6 Å². The number of terminal acetylenes is 1. The second kappa shape index (κ2) is 7.13. The highest BCUT2D eigenvalue weighted by molar-refractivity contribution is 6.43. The molecule has 0 aliphatic carbocycles. The lowest BCUT2D eigenvalue weighted by atomic mass is 10.1. The summed E-state index contributed by atoms with van der Waals surface area (Å²) in [5.41, 5.74) is -0.375. The van der Waals surface area contributed by atoms with Crippen LogP contribution in [0.3, 0.4) is 0 Å². The third-order valence-corrected chi connectivity index (χ3v) is 3.34. The predicted octanol–water partition coefficient (Wildman–Crippen LogP) is 3.43. The average molecular weight is 315 g/mol. The van der Waals surface area contributed by atoms with Crippen molar-refractivity contribution in [2.75, 3.05) is 0 Å². The second-order valence-corrected chi connectivity index (χ2v) is 4.81. The number of halogens is 2. The van der Waals surface area contributed by atoms with Gasteiger partial charge in [0.1, 0.15) is 5.02 Å². The van der Waals surface area contributed by atoms with Gasteiger partial charge in [-0.15, -0.1) is 6.42 Å². The third-order valence-electron chi connectivity index (χ3n) is 2.55. The number of hydrogen-bond acceptors (Lipinski definition) is 3. The lowest BCUT2D eigenvalue weighted by Gasteiger charge is -2.12. The zero-order chi connectivity index (χ0) is 15.3. The van der Waals surface area contributed by atoms with Crippen LogP contribution in [0.2, 0.25) is 10.0 Å². The molecule has 20 heavy (non-hydrogen) atoms. The summed E-state index contributed by atoms with van der Waals surface area (Å²) in [5.74, 6) is 1.92. The summed E-state index contributed by atoms with van der Waals surface area (Å²) < 4.78 is 0. The fourth-order valence-corrected chi connectivity index (χ4v) is 1.96. The van der Waals surface area contributed by atoms with Gasteiger partial charge < -0.3 is 5.32 Å². The monoisotopic (exact) mass is 314 g/mol. The third kappa shape index (κ3) is 3.86. The molecule has 0 spiro atoms. The molecule has 0 aliphatic rings. The first-order valence-electron chi connectivity index (χ1n) is 5.81. The Morgan fingerprint density at radius 2 is 2.20 bits per heavy atom. The quantitative estimate of drug-likeness (QED) is 0.514. The minimum absolute atomic E-state index is 0.0439. The minimum Gasteiger partial charge on any atom is -0.338 e. The lowest BCUT2D eigenvalue weighted by molar-refractivity contribution is -0.384. The fraction of sp³-hybridized carbons (Fsp3) is 0.308. The number of rotatable bonds is 5. The Morgan fingerprint density at radius 3 is 2.70 bits per heavy atom. The molecule has 0 saturated carbocycles. The van der Waals surface area contributed by atoms with E-state index in [1.165, 1.54) is 6.07 Å². The zero-order valence-corrected chi connectivity index (χ0v) is 12.2. The van der Waals surface area contributed by atoms with Gasteiger partial charge >= 0.3 is 0 Å². The number of benzene rings is 1. The molecule has 0 radical (unpaired) electrons. The van der Waals surface area contributed by atoms with Crippen molar-refractivity contribution in [1.82, 2.24) is 5.32 Å². The molecule has 1 N–H and O–H groups in total. The van der Waals surface area contributed by atoms with E-state index in [9.17, 15) is 14.9 Å². The van der Waals surface area contributed by atoms with Crippen LogP contribution in [0.1, 0.15) is 30.1 Å². The summed E-state index contributed by atoms with van der Waals surface area (Å²) in [6.45, 7) is 1.93. The van der Waals surface area contributed by atoms with Gasteiger partial charge in [0.05, 0.1) is 16.0 Å². The summed E-state index contributed by atoms with van der Waals surface area (Å²) in [4.78, 5) is 22.1. The molecule has 0 aliphatic heterocycles. The first-order valence-corrected chi connectivity index (χ1v) is 6.56. The molecule has 1 aromatic rings. The van der Waals surface area contributed by atoms with Crippen LogP contribution >= 0.6 is 23.2 Å². The van der Waals surface area contributed by atoms with Crippen LogP contribution in [0.4, 0.5) is 5.69 Å². The molecule has 7 heteroatoms. The number of carbonyl (C=O) groups is 1. The summed E-state index contributed by atoms with van der Waals surface area (Å²) in [6, 6.07) is 1.91. The number of carbonyl (C=O) groups excluding carboxylic acids is 1. The highest BCUT2D eigenvalue weighted by atomic mass is 35.5. The van der Waals surface area contributed by atoms with Crippen LogP contribution in [0.5, 0.6) is 0 Å². The molecule has 0 bridgehead atoms. The van der Waals surface area contributed by atoms with Gasteiger partial charge in [-0.2, -0.15) is 0 Å². The number of nitrogens with zero attached hydrogens (tertiary/aromatic N) is 1. The Kier molecular flexibility index (Phi) is 5.81. The zero-order valence-electron chi connectivity index (χ0n) is 10.7. The number of nitro benzene ring substituents is 1. The van der Waals surface area contributed by atoms with Crippen molar-refractivity contribution in [2.45, 2.75) is 25.8 Å². The van der Waals surface area contributed by atoms with Crippen LogP contribution < -0.4 is 5.32 Å². The predicted molar refractivity (Wildman–Crippen MR) is 78.1 cm³/mol. The average Bonchev–Trinajstić information content (AvgIpc) is 2.40. The molecule has 1 aromatic carbocycles. The van der Waals surface area contributed by atoms with Crippen molar-refractivity contribution >= 4 is 34.8 Å². The van der Waals surface area contributed by atoms with Crippen LogP contribution in [-0.4, -0.2) is 16.9 Å². The van der Waals surface area contributed by atoms with Crippen molar-refractivity contribution in [3.8, 4) is 12.3 Å². The maximum Gasteiger partial charge on any atom is 0.290 e. The van der Waals surface area contributed by atoms with Gasteiger partial charge in [-0.25, -0.2) is 0 Å². The molecule has 1 amide bonds. The Bertz CT molecular complexity index is 582. The number of hydrogen-bond donors (Lipinski definition) is 1. The van der Waals surface area contributed by atoms with E-state index in [2.05, 4.69) is 11.2 Å².